The molecule has 2 aromatic carbocycles. The van der Waals surface area contributed by atoms with Crippen LogP contribution in [0.2, 0.25) is 0 Å². The van der Waals surface area contributed by atoms with Gasteiger partial charge in [0.25, 0.3) is 15.7 Å². The summed E-state index contributed by atoms with van der Waals surface area (Å²) < 4.78 is 36.1. The topological polar surface area (TPSA) is 150 Å². The lowest BCUT2D eigenvalue weighted by atomic mass is 10.1. The number of aromatic nitrogens is 3. The lowest BCUT2D eigenvalue weighted by molar-refractivity contribution is -0.832. The molecule has 4 aromatic rings. The van der Waals surface area contributed by atoms with Gasteiger partial charge < -0.3 is 20.0 Å². The monoisotopic (exact) mass is 496 g/mol. The van der Waals surface area contributed by atoms with Crippen molar-refractivity contribution in [3.05, 3.63) is 71.6 Å². The Hall–Kier alpha value is -4.19. The number of carbonyl (C=O) groups is 1. The van der Waals surface area contributed by atoms with Crippen LogP contribution in [0.25, 0.3) is 10.9 Å². The molecule has 0 saturated carbocycles. The molecule has 1 aliphatic heterocycles. The molecular weight excluding hydrogens is 476 g/mol. The highest BCUT2D eigenvalue weighted by Crippen LogP contribution is 2.28. The molecule has 5 rings (SSSR count). The number of benzene rings is 2. The van der Waals surface area contributed by atoms with Crippen LogP contribution in [0, 0.1) is 5.21 Å². The van der Waals surface area contributed by atoms with Gasteiger partial charge in [-0.25, -0.2) is 13.4 Å². The molecule has 3 heterocycles. The van der Waals surface area contributed by atoms with Gasteiger partial charge in [-0.2, -0.15) is 0 Å². The first-order valence-corrected chi connectivity index (χ1v) is 12.3. The van der Waals surface area contributed by atoms with Crippen LogP contribution in [0.15, 0.2) is 75.2 Å². The van der Waals surface area contributed by atoms with Gasteiger partial charge in [-0.15, -0.1) is 0 Å². The number of sulfone groups is 1. The Labute approximate surface area is 199 Å². The number of aromatic hydroxyl groups is 1. The Morgan fingerprint density at radius 3 is 2.57 bits per heavy atom. The van der Waals surface area contributed by atoms with Gasteiger partial charge in [-0.1, -0.05) is 36.4 Å². The molecule has 11 nitrogen and oxygen atoms in total. The first-order valence-electron chi connectivity index (χ1n) is 10.8. The fourth-order valence-corrected chi connectivity index (χ4v) is 5.26. The Morgan fingerprint density at radius 2 is 1.83 bits per heavy atom. The fourth-order valence-electron chi connectivity index (χ4n) is 3.97. The summed E-state index contributed by atoms with van der Waals surface area (Å²) in [5, 5.41) is 25.6. The van der Waals surface area contributed by atoms with E-state index in [2.05, 4.69) is 14.8 Å². The van der Waals surface area contributed by atoms with E-state index in [4.69, 9.17) is 4.74 Å². The largest absolute Gasteiger partial charge is 0.506 e. The van der Waals surface area contributed by atoms with Gasteiger partial charge >= 0.3 is 10.9 Å². The zero-order valence-corrected chi connectivity index (χ0v) is 19.1. The third-order valence-electron chi connectivity index (χ3n) is 5.78. The minimum atomic E-state index is -4.21. The predicted octanol–water partition coefficient (Wildman–Crippen LogP) is 2.08. The molecule has 180 valence electrons. The van der Waals surface area contributed by atoms with Gasteiger partial charge in [0.15, 0.2) is 0 Å². The van der Waals surface area contributed by atoms with Crippen LogP contribution in [-0.4, -0.2) is 53.7 Å². The number of para-hydroxylation sites is 1. The molecule has 0 bridgehead atoms. The highest BCUT2D eigenvalue weighted by molar-refractivity contribution is 7.91. The van der Waals surface area contributed by atoms with Crippen molar-refractivity contribution in [1.82, 2.24) is 15.0 Å². The third kappa shape index (κ3) is 4.23. The maximum absolute atomic E-state index is 13.0. The van der Waals surface area contributed by atoms with Crippen LogP contribution in [0.5, 0.6) is 11.6 Å². The number of nitrogens with zero attached hydrogens (tertiary/aromatic N) is 4. The Bertz CT molecular complexity index is 1500. The molecular formula is C23H20N4O7S. The first-order chi connectivity index (χ1) is 16.8. The maximum atomic E-state index is 13.0. The van der Waals surface area contributed by atoms with E-state index in [0.717, 1.165) is 5.39 Å². The number of carbonyl (C=O) groups excluding carboxylic acids is 1. The fraction of sp³-hybridized carbons (Fsp3) is 0.217. The standard InChI is InChI=1S/C23H20N4O7S/c28-19-8-4-5-15-9-10-18(24-20(15)19)22(29)26-13-11-16(12-14-26)33-21-23(27(30)34-25-21)35(31,32)17-6-2-1-3-7-17/h1-10,16,28H,11-14H2. The van der Waals surface area contributed by atoms with Crippen LogP contribution in [0.1, 0.15) is 23.3 Å². The van der Waals surface area contributed by atoms with Crippen LogP contribution in [0.4, 0.5) is 0 Å². The van der Waals surface area contributed by atoms with Crippen molar-refractivity contribution < 1.29 is 32.6 Å². The van der Waals surface area contributed by atoms with Gasteiger partial charge in [0.05, 0.1) is 10.1 Å². The Morgan fingerprint density at radius 1 is 1.09 bits per heavy atom. The number of fused-ring (bicyclic) bond motifs is 1. The van der Waals surface area contributed by atoms with Crippen LogP contribution >= 0.6 is 0 Å². The van der Waals surface area contributed by atoms with Crippen molar-refractivity contribution in [3.63, 3.8) is 0 Å². The quantitative estimate of drug-likeness (QED) is 0.410. The molecule has 0 unspecified atom stereocenters. The molecule has 1 fully saturated rings. The van der Waals surface area contributed by atoms with E-state index in [-0.39, 0.29) is 27.1 Å². The van der Waals surface area contributed by atoms with E-state index < -0.39 is 26.8 Å². The number of phenols is 1. The molecule has 0 atom stereocenters. The average Bonchev–Trinajstić information content (AvgIpc) is 3.25. The van der Waals surface area contributed by atoms with E-state index in [1.54, 1.807) is 35.2 Å². The molecule has 12 heteroatoms. The van der Waals surface area contributed by atoms with E-state index in [9.17, 15) is 23.5 Å². The number of pyridine rings is 1. The summed E-state index contributed by atoms with van der Waals surface area (Å²) in [6.07, 6.45) is 0.268. The molecule has 1 amide bonds. The molecule has 0 aliphatic carbocycles. The number of hydrogen-bond donors (Lipinski definition) is 1. The van der Waals surface area contributed by atoms with Gasteiger partial charge in [0.1, 0.15) is 23.1 Å². The van der Waals surface area contributed by atoms with Crippen molar-refractivity contribution in [2.75, 3.05) is 13.1 Å². The van der Waals surface area contributed by atoms with Crippen LogP contribution in [0.3, 0.4) is 0 Å². The molecule has 1 aliphatic rings. The number of phenolic OH excluding ortho intramolecular Hbond substituents is 1. The van der Waals surface area contributed by atoms with E-state index in [0.29, 0.717) is 31.4 Å². The van der Waals surface area contributed by atoms with Crippen molar-refractivity contribution in [1.29, 1.82) is 0 Å². The van der Waals surface area contributed by atoms with Crippen molar-refractivity contribution in [3.8, 4) is 11.6 Å². The maximum Gasteiger partial charge on any atom is 0.415 e. The number of piperidine rings is 1. The number of hydrogen-bond acceptors (Lipinski definition) is 9. The van der Waals surface area contributed by atoms with Crippen molar-refractivity contribution in [2.24, 2.45) is 0 Å². The van der Waals surface area contributed by atoms with Gasteiger partial charge in [-0.05, 0) is 29.2 Å². The molecule has 0 spiro atoms. The van der Waals surface area contributed by atoms with E-state index in [1.165, 1.54) is 30.3 Å². The number of rotatable bonds is 5. The zero-order valence-electron chi connectivity index (χ0n) is 18.3. The summed E-state index contributed by atoms with van der Waals surface area (Å²) in [6.45, 7) is 0.639. The normalized spacial score (nSPS) is 14.8. The molecule has 0 radical (unpaired) electrons. The average molecular weight is 497 g/mol. The third-order valence-corrected chi connectivity index (χ3v) is 7.51. The summed E-state index contributed by atoms with van der Waals surface area (Å²) in [5.74, 6) is -0.714. The summed E-state index contributed by atoms with van der Waals surface area (Å²) in [6, 6.07) is 15.8. The second kappa shape index (κ2) is 8.87. The molecule has 1 saturated heterocycles. The molecule has 2 aromatic heterocycles. The molecule has 1 N–H and O–H groups in total. The van der Waals surface area contributed by atoms with Gasteiger partial charge in [0, 0.05) is 31.3 Å². The lowest BCUT2D eigenvalue weighted by Gasteiger charge is -2.31. The summed E-state index contributed by atoms with van der Waals surface area (Å²) in [5.41, 5.74) is 0.555. The summed E-state index contributed by atoms with van der Waals surface area (Å²) in [4.78, 5) is 18.6. The van der Waals surface area contributed by atoms with Crippen molar-refractivity contribution >= 4 is 26.6 Å². The Balaban J connectivity index is 1.28. The number of likely N-dealkylation sites (tertiary alicyclic amines) is 1. The predicted molar refractivity (Wildman–Crippen MR) is 120 cm³/mol. The summed E-state index contributed by atoms with van der Waals surface area (Å²) in [7, 11) is -4.21. The highest BCUT2D eigenvalue weighted by Gasteiger charge is 2.37. The SMILES string of the molecule is O=C(c1ccc2cccc(O)c2n1)N1CCC(Oc2no[n+]([O-])c2S(=O)(=O)c2ccccc2)CC1. The van der Waals surface area contributed by atoms with Gasteiger partial charge in [-0.3, -0.25) is 9.42 Å². The van der Waals surface area contributed by atoms with Crippen LogP contribution in [-0.2, 0) is 9.84 Å². The highest BCUT2D eigenvalue weighted by atomic mass is 32.2. The second-order valence-electron chi connectivity index (χ2n) is 8.01. The minimum Gasteiger partial charge on any atom is -0.506 e. The van der Waals surface area contributed by atoms with Gasteiger partial charge in [0.2, 0.25) is 0 Å². The number of ether oxygens (including phenoxy) is 1. The lowest BCUT2D eigenvalue weighted by Crippen LogP contribution is -2.42. The minimum absolute atomic E-state index is 0.00579. The smallest absolute Gasteiger partial charge is 0.415 e. The van der Waals surface area contributed by atoms with Crippen LogP contribution < -0.4 is 9.64 Å². The second-order valence-corrected chi connectivity index (χ2v) is 9.88. The number of amides is 1. The van der Waals surface area contributed by atoms with Crippen molar-refractivity contribution in [2.45, 2.75) is 28.9 Å². The summed E-state index contributed by atoms with van der Waals surface area (Å²) >= 11 is 0. The van der Waals surface area contributed by atoms with E-state index in [1.807, 2.05) is 0 Å². The molecule has 35 heavy (non-hydrogen) atoms. The van der Waals surface area contributed by atoms with E-state index >= 15 is 0 Å². The Kier molecular flexibility index (Phi) is 5.73. The zero-order chi connectivity index (χ0) is 24.6. The first kappa shape index (κ1) is 22.6.